The number of hydrogen-bond donors (Lipinski definition) is 1. The number of aryl methyl sites for hydroxylation is 2. The number of rotatable bonds is 12. The highest BCUT2D eigenvalue weighted by Gasteiger charge is 2.47. The Morgan fingerprint density at radius 2 is 1.88 bits per heavy atom. The normalized spacial score (nSPS) is 15.0. The maximum absolute atomic E-state index is 13.7. The van der Waals surface area contributed by atoms with E-state index < -0.39 is 23.5 Å². The number of aliphatic hydroxyl groups excluding tert-OH is 1. The lowest BCUT2D eigenvalue weighted by atomic mass is 9.95. The van der Waals surface area contributed by atoms with Crippen LogP contribution in [-0.4, -0.2) is 40.7 Å². The van der Waals surface area contributed by atoms with Crippen molar-refractivity contribution < 1.29 is 28.6 Å². The van der Waals surface area contributed by atoms with Gasteiger partial charge >= 0.3 is 0 Å². The average Bonchev–Trinajstić information content (AvgIpc) is 3.71. The Morgan fingerprint density at radius 1 is 1.10 bits per heavy atom. The topological polar surface area (TPSA) is 115 Å². The number of anilines is 1. The molecule has 2 aromatic heterocycles. The van der Waals surface area contributed by atoms with Crippen molar-refractivity contribution in [1.82, 2.24) is 10.2 Å². The Morgan fingerprint density at radius 3 is 2.57 bits per heavy atom. The summed E-state index contributed by atoms with van der Waals surface area (Å²) < 4.78 is 17.7. The molecular weight excluding hydrogens is 574 g/mol. The van der Waals surface area contributed by atoms with Crippen LogP contribution in [0.1, 0.15) is 58.8 Å². The van der Waals surface area contributed by atoms with Crippen molar-refractivity contribution in [2.75, 3.05) is 18.6 Å². The molecule has 1 aliphatic rings. The molecule has 3 heterocycles. The lowest BCUT2D eigenvalue weighted by Gasteiger charge is -2.24. The van der Waals surface area contributed by atoms with E-state index in [0.29, 0.717) is 39.5 Å². The van der Waals surface area contributed by atoms with Crippen LogP contribution in [0.5, 0.6) is 11.5 Å². The van der Waals surface area contributed by atoms with E-state index in [9.17, 15) is 14.7 Å². The number of hydrogen-bond acceptors (Lipinski definition) is 10. The third-order valence-corrected chi connectivity index (χ3v) is 8.89. The zero-order chi connectivity index (χ0) is 29.8. The quantitative estimate of drug-likeness (QED) is 0.0788. The fraction of sp³-hybridized carbons (Fsp3) is 0.290. The molecule has 2 aromatic carbocycles. The van der Waals surface area contributed by atoms with E-state index in [1.807, 2.05) is 6.92 Å². The van der Waals surface area contributed by atoms with Gasteiger partial charge in [0, 0.05) is 5.75 Å². The zero-order valence-electron chi connectivity index (χ0n) is 23.7. The number of unbranched alkanes of at least 4 members (excludes halogenated alkanes) is 1. The third-order valence-electron chi connectivity index (χ3n) is 6.76. The van der Waals surface area contributed by atoms with Gasteiger partial charge < -0.3 is 19.0 Å². The van der Waals surface area contributed by atoms with Gasteiger partial charge in [-0.25, -0.2) is 0 Å². The smallest absolute Gasteiger partial charge is 0.296 e. The minimum atomic E-state index is -1.00. The van der Waals surface area contributed by atoms with Gasteiger partial charge in [0.2, 0.25) is 10.9 Å². The highest BCUT2D eigenvalue weighted by Crippen LogP contribution is 2.45. The molecule has 1 atom stereocenters. The maximum Gasteiger partial charge on any atom is 0.296 e. The van der Waals surface area contributed by atoms with Crippen LogP contribution in [0.25, 0.3) is 0 Å². The number of carbonyl (C=O) groups is 2. The van der Waals surface area contributed by atoms with Crippen molar-refractivity contribution in [3.8, 4) is 11.5 Å². The number of nitrogens with zero attached hydrogens (tertiary/aromatic N) is 3. The number of methoxy groups -OCH3 is 1. The maximum atomic E-state index is 13.7. The second kappa shape index (κ2) is 12.8. The molecule has 4 aromatic rings. The Bertz CT molecular complexity index is 1630. The number of aromatic nitrogens is 2. The second-order valence-corrected chi connectivity index (χ2v) is 12.0. The van der Waals surface area contributed by atoms with Crippen molar-refractivity contribution in [3.05, 3.63) is 94.1 Å². The fourth-order valence-electron chi connectivity index (χ4n) is 4.53. The molecule has 1 unspecified atom stereocenters. The molecular formula is C31H31N3O6S2. The van der Waals surface area contributed by atoms with Crippen LogP contribution in [0.3, 0.4) is 0 Å². The molecule has 0 radical (unpaired) electrons. The van der Waals surface area contributed by atoms with Gasteiger partial charge in [0.15, 0.2) is 27.4 Å². The largest absolute Gasteiger partial charge is 0.503 e. The van der Waals surface area contributed by atoms with E-state index in [4.69, 9.17) is 13.9 Å². The number of ether oxygens (including phenoxy) is 2. The van der Waals surface area contributed by atoms with Crippen molar-refractivity contribution >= 4 is 39.9 Å². The van der Waals surface area contributed by atoms with Gasteiger partial charge in [0.1, 0.15) is 5.76 Å². The van der Waals surface area contributed by atoms with Crippen molar-refractivity contribution in [3.63, 3.8) is 0 Å². The SMILES string of the molecule is CCCCOc1ccc(C2C(C(=O)c3ccc(C)o3)=C(O)C(=O)N2c2nnc(SCc3ccc(C)cc3)s2)cc1OC. The van der Waals surface area contributed by atoms with E-state index in [0.717, 1.165) is 18.4 Å². The lowest BCUT2D eigenvalue weighted by molar-refractivity contribution is -0.117. The molecule has 0 bridgehead atoms. The van der Waals surface area contributed by atoms with Gasteiger partial charge in [0.05, 0.1) is 25.3 Å². The molecule has 5 rings (SSSR count). The molecule has 1 N–H and O–H groups in total. The van der Waals surface area contributed by atoms with Crippen LogP contribution in [0.4, 0.5) is 5.13 Å². The van der Waals surface area contributed by atoms with Crippen LogP contribution in [0.15, 0.2) is 74.7 Å². The average molecular weight is 606 g/mol. The predicted octanol–water partition coefficient (Wildman–Crippen LogP) is 7.01. The van der Waals surface area contributed by atoms with E-state index >= 15 is 0 Å². The van der Waals surface area contributed by atoms with Crippen molar-refractivity contribution in [2.24, 2.45) is 0 Å². The summed E-state index contributed by atoms with van der Waals surface area (Å²) in [5.41, 5.74) is 2.73. The molecule has 0 aliphatic carbocycles. The Hall–Kier alpha value is -4.09. The number of ketones is 1. The first-order chi connectivity index (χ1) is 20.3. The molecule has 11 heteroatoms. The minimum Gasteiger partial charge on any atom is -0.503 e. The van der Waals surface area contributed by atoms with Crippen molar-refractivity contribution in [1.29, 1.82) is 0 Å². The molecule has 0 saturated heterocycles. The number of Topliss-reactive ketones (excluding diaryl/α,β-unsaturated/α-hetero) is 1. The van der Waals surface area contributed by atoms with Crippen LogP contribution in [0, 0.1) is 13.8 Å². The van der Waals surface area contributed by atoms with Crippen LogP contribution < -0.4 is 14.4 Å². The molecule has 218 valence electrons. The van der Waals surface area contributed by atoms with Crippen LogP contribution in [0.2, 0.25) is 0 Å². The fourth-order valence-corrected chi connectivity index (χ4v) is 6.35. The monoisotopic (exact) mass is 605 g/mol. The summed E-state index contributed by atoms with van der Waals surface area (Å²) in [5, 5.41) is 19.9. The number of carbonyl (C=O) groups excluding carboxylic acids is 2. The summed E-state index contributed by atoms with van der Waals surface area (Å²) in [6.07, 6.45) is 1.86. The molecule has 42 heavy (non-hydrogen) atoms. The van der Waals surface area contributed by atoms with E-state index in [2.05, 4.69) is 41.4 Å². The Balaban J connectivity index is 1.51. The van der Waals surface area contributed by atoms with Gasteiger partial charge in [-0.1, -0.05) is 72.3 Å². The first-order valence-electron chi connectivity index (χ1n) is 13.5. The van der Waals surface area contributed by atoms with E-state index in [1.165, 1.54) is 46.7 Å². The predicted molar refractivity (Wildman–Crippen MR) is 162 cm³/mol. The summed E-state index contributed by atoms with van der Waals surface area (Å²) in [6, 6.07) is 15.6. The number of thioether (sulfide) groups is 1. The zero-order valence-corrected chi connectivity index (χ0v) is 25.4. The standard InChI is InChI=1S/C31H31N3O6S2/c1-5-6-15-39-22-14-12-21(16-24(22)38-4)26-25(27(35)23-13-9-19(3)40-23)28(36)29(37)34(26)30-32-33-31(42-30)41-17-20-10-7-18(2)8-11-20/h7-14,16,26,36H,5-6,15,17H2,1-4H3. The van der Waals surface area contributed by atoms with Gasteiger partial charge in [-0.05, 0) is 55.7 Å². The van der Waals surface area contributed by atoms with Crippen LogP contribution >= 0.6 is 23.1 Å². The number of aliphatic hydroxyl groups is 1. The first kappa shape index (κ1) is 29.4. The Labute approximate surface area is 252 Å². The second-order valence-electron chi connectivity index (χ2n) is 9.82. The Kier molecular flexibility index (Phi) is 8.98. The van der Waals surface area contributed by atoms with Crippen molar-refractivity contribution in [2.45, 2.75) is 49.7 Å². The van der Waals surface area contributed by atoms with Gasteiger partial charge in [0.25, 0.3) is 5.91 Å². The molecule has 1 amide bonds. The van der Waals surface area contributed by atoms with E-state index in [1.54, 1.807) is 31.2 Å². The van der Waals surface area contributed by atoms with Gasteiger partial charge in [-0.2, -0.15) is 0 Å². The third kappa shape index (κ3) is 6.07. The van der Waals surface area contributed by atoms with Crippen LogP contribution in [-0.2, 0) is 10.5 Å². The molecule has 0 saturated carbocycles. The number of furan rings is 1. The lowest BCUT2D eigenvalue weighted by Crippen LogP contribution is -2.31. The molecule has 0 fully saturated rings. The molecule has 9 nitrogen and oxygen atoms in total. The summed E-state index contributed by atoms with van der Waals surface area (Å²) in [4.78, 5) is 28.6. The number of amides is 1. The molecule has 0 spiro atoms. The summed E-state index contributed by atoms with van der Waals surface area (Å²) in [7, 11) is 1.52. The summed E-state index contributed by atoms with van der Waals surface area (Å²) >= 11 is 2.71. The summed E-state index contributed by atoms with van der Waals surface area (Å²) in [6.45, 7) is 6.35. The first-order valence-corrected chi connectivity index (χ1v) is 15.3. The summed E-state index contributed by atoms with van der Waals surface area (Å²) in [5.74, 6) is 0.201. The highest BCUT2D eigenvalue weighted by molar-refractivity contribution is 8.00. The molecule has 1 aliphatic heterocycles. The van der Waals surface area contributed by atoms with E-state index in [-0.39, 0.29) is 16.5 Å². The van der Waals surface area contributed by atoms with Gasteiger partial charge in [-0.15, -0.1) is 10.2 Å². The van der Waals surface area contributed by atoms with Gasteiger partial charge in [-0.3, -0.25) is 14.5 Å². The highest BCUT2D eigenvalue weighted by atomic mass is 32.2. The minimum absolute atomic E-state index is 0.0202. The number of benzene rings is 2.